The Bertz CT molecular complexity index is 840. The maximum Gasteiger partial charge on any atom is 0.325 e. The zero-order valence-electron chi connectivity index (χ0n) is 16.0. The number of hydrogen-bond donors (Lipinski definition) is 1. The number of nitrogens with one attached hydrogen (secondary N) is 1. The van der Waals surface area contributed by atoms with Crippen molar-refractivity contribution in [1.29, 1.82) is 0 Å². The van der Waals surface area contributed by atoms with Gasteiger partial charge in [0.05, 0.1) is 18.5 Å². The fourth-order valence-corrected chi connectivity index (χ4v) is 2.84. The number of para-hydroxylation sites is 2. The lowest BCUT2D eigenvalue weighted by Gasteiger charge is -2.20. The predicted octanol–water partition coefficient (Wildman–Crippen LogP) is 2.86. The molecule has 1 N–H and O–H groups in total. The highest BCUT2D eigenvalue weighted by molar-refractivity contribution is 5.99. The number of methoxy groups -OCH3 is 1. The van der Waals surface area contributed by atoms with Crippen LogP contribution < -0.4 is 15.0 Å². The topological polar surface area (TPSA) is 87.9 Å². The van der Waals surface area contributed by atoms with Crippen LogP contribution in [-0.2, 0) is 10.2 Å². The third-order valence-electron chi connectivity index (χ3n) is 4.35. The van der Waals surface area contributed by atoms with Gasteiger partial charge in [0.25, 0.3) is 0 Å². The third-order valence-corrected chi connectivity index (χ3v) is 4.35. The Hall–Kier alpha value is -3.03. The smallest absolute Gasteiger partial charge is 0.325 e. The SMILES string of the molecule is COc1ccccc1N1CCN(CC(=O)Nc2cc(C(C)(C)C)no2)C1=O. The van der Waals surface area contributed by atoms with Crippen LogP contribution in [0.4, 0.5) is 16.4 Å². The summed E-state index contributed by atoms with van der Waals surface area (Å²) in [5.74, 6) is 0.563. The van der Waals surface area contributed by atoms with E-state index in [0.717, 1.165) is 5.69 Å². The minimum atomic E-state index is -0.332. The Balaban J connectivity index is 1.62. The standard InChI is InChI=1S/C19H24N4O4/c1-19(2,3)15-11-17(27-21-15)20-16(24)12-22-9-10-23(18(22)25)13-7-5-6-8-14(13)26-4/h5-8,11H,9-10,12H2,1-4H3,(H,20,24). The quantitative estimate of drug-likeness (QED) is 0.872. The molecular weight excluding hydrogens is 348 g/mol. The molecule has 8 heteroatoms. The first kappa shape index (κ1) is 18.8. The van der Waals surface area contributed by atoms with E-state index in [1.54, 1.807) is 24.1 Å². The zero-order chi connectivity index (χ0) is 19.6. The van der Waals surface area contributed by atoms with E-state index in [0.29, 0.717) is 24.5 Å². The molecule has 1 aromatic heterocycles. The van der Waals surface area contributed by atoms with Gasteiger partial charge in [-0.15, -0.1) is 0 Å². The summed E-state index contributed by atoms with van der Waals surface area (Å²) in [5, 5.41) is 6.62. The Morgan fingerprint density at radius 3 is 2.70 bits per heavy atom. The molecule has 2 aromatic rings. The Labute approximate surface area is 158 Å². The van der Waals surface area contributed by atoms with Crippen molar-refractivity contribution < 1.29 is 18.8 Å². The molecule has 27 heavy (non-hydrogen) atoms. The molecule has 0 radical (unpaired) electrons. The first-order valence-electron chi connectivity index (χ1n) is 8.76. The monoisotopic (exact) mass is 372 g/mol. The number of aromatic nitrogens is 1. The number of hydrogen-bond acceptors (Lipinski definition) is 5. The lowest BCUT2D eigenvalue weighted by atomic mass is 9.92. The molecule has 0 saturated carbocycles. The van der Waals surface area contributed by atoms with Gasteiger partial charge in [0, 0.05) is 24.6 Å². The Morgan fingerprint density at radius 2 is 2.04 bits per heavy atom. The van der Waals surface area contributed by atoms with Crippen LogP contribution >= 0.6 is 0 Å². The molecule has 0 unspecified atom stereocenters. The van der Waals surface area contributed by atoms with Gasteiger partial charge in [0.1, 0.15) is 12.3 Å². The molecular formula is C19H24N4O4. The van der Waals surface area contributed by atoms with Crippen LogP contribution in [0, 0.1) is 0 Å². The van der Waals surface area contributed by atoms with Crippen molar-refractivity contribution >= 4 is 23.5 Å². The lowest BCUT2D eigenvalue weighted by molar-refractivity contribution is -0.116. The summed E-state index contributed by atoms with van der Waals surface area (Å²) in [5.41, 5.74) is 1.27. The number of benzene rings is 1. The van der Waals surface area contributed by atoms with Crippen molar-refractivity contribution in [3.8, 4) is 5.75 Å². The van der Waals surface area contributed by atoms with Crippen LogP contribution in [0.5, 0.6) is 5.75 Å². The molecule has 8 nitrogen and oxygen atoms in total. The summed E-state index contributed by atoms with van der Waals surface area (Å²) in [7, 11) is 1.56. The largest absolute Gasteiger partial charge is 0.495 e. The highest BCUT2D eigenvalue weighted by atomic mass is 16.5. The van der Waals surface area contributed by atoms with E-state index >= 15 is 0 Å². The van der Waals surface area contributed by atoms with Gasteiger partial charge in [-0.25, -0.2) is 4.79 Å². The first-order chi connectivity index (χ1) is 12.8. The van der Waals surface area contributed by atoms with Gasteiger partial charge in [-0.1, -0.05) is 38.1 Å². The van der Waals surface area contributed by atoms with Gasteiger partial charge in [-0.2, -0.15) is 0 Å². The molecule has 1 aromatic carbocycles. The van der Waals surface area contributed by atoms with Gasteiger partial charge in [0.2, 0.25) is 11.8 Å². The molecule has 3 amide bonds. The average molecular weight is 372 g/mol. The first-order valence-corrected chi connectivity index (χ1v) is 8.76. The fraction of sp³-hybridized carbons (Fsp3) is 0.421. The third kappa shape index (κ3) is 4.05. The maximum absolute atomic E-state index is 12.7. The molecule has 0 spiro atoms. The summed E-state index contributed by atoms with van der Waals surface area (Å²) in [6, 6.07) is 8.78. The molecule has 1 saturated heterocycles. The minimum Gasteiger partial charge on any atom is -0.495 e. The van der Waals surface area contributed by atoms with E-state index in [4.69, 9.17) is 9.26 Å². The maximum atomic E-state index is 12.7. The molecule has 1 aliphatic heterocycles. The normalized spacial score (nSPS) is 14.6. The average Bonchev–Trinajstić information content (AvgIpc) is 3.22. The summed E-state index contributed by atoms with van der Waals surface area (Å²) < 4.78 is 10.5. The van der Waals surface area contributed by atoms with E-state index in [-0.39, 0.29) is 29.8 Å². The second-order valence-electron chi connectivity index (χ2n) is 7.40. The van der Waals surface area contributed by atoms with Crippen molar-refractivity contribution in [1.82, 2.24) is 10.1 Å². The summed E-state index contributed by atoms with van der Waals surface area (Å²) in [6.07, 6.45) is 0. The van der Waals surface area contributed by atoms with Crippen molar-refractivity contribution in [2.75, 3.05) is 37.0 Å². The minimum absolute atomic E-state index is 0.0595. The lowest BCUT2D eigenvalue weighted by Crippen LogP contribution is -2.37. The molecule has 0 bridgehead atoms. The van der Waals surface area contributed by atoms with Gasteiger partial charge >= 0.3 is 6.03 Å². The molecule has 144 valence electrons. The predicted molar refractivity (Wildman–Crippen MR) is 101 cm³/mol. The zero-order valence-corrected chi connectivity index (χ0v) is 16.0. The van der Waals surface area contributed by atoms with Crippen LogP contribution in [-0.4, -0.2) is 48.7 Å². The van der Waals surface area contributed by atoms with Gasteiger partial charge < -0.3 is 14.2 Å². The van der Waals surface area contributed by atoms with Crippen molar-refractivity contribution in [3.63, 3.8) is 0 Å². The van der Waals surface area contributed by atoms with Crippen LogP contribution in [0.2, 0.25) is 0 Å². The number of anilines is 2. The number of amides is 3. The molecule has 0 aliphatic carbocycles. The summed E-state index contributed by atoms with van der Waals surface area (Å²) in [6.45, 7) is 6.90. The molecule has 0 atom stereocenters. The van der Waals surface area contributed by atoms with Crippen LogP contribution in [0.3, 0.4) is 0 Å². The van der Waals surface area contributed by atoms with Gasteiger partial charge in [-0.05, 0) is 12.1 Å². The summed E-state index contributed by atoms with van der Waals surface area (Å²) >= 11 is 0. The molecule has 3 rings (SSSR count). The molecule has 1 fully saturated rings. The number of ether oxygens (including phenoxy) is 1. The number of carbonyl (C=O) groups is 2. The highest BCUT2D eigenvalue weighted by Crippen LogP contribution is 2.30. The van der Waals surface area contributed by atoms with Gasteiger partial charge in [0.15, 0.2) is 0 Å². The van der Waals surface area contributed by atoms with Crippen LogP contribution in [0.15, 0.2) is 34.9 Å². The number of nitrogens with zero attached hydrogens (tertiary/aromatic N) is 3. The Morgan fingerprint density at radius 1 is 1.30 bits per heavy atom. The summed E-state index contributed by atoms with van der Waals surface area (Å²) in [4.78, 5) is 28.1. The second kappa shape index (κ2) is 7.30. The Kier molecular flexibility index (Phi) is 5.07. The van der Waals surface area contributed by atoms with Crippen molar-refractivity contribution in [2.24, 2.45) is 0 Å². The van der Waals surface area contributed by atoms with E-state index in [9.17, 15) is 9.59 Å². The highest BCUT2D eigenvalue weighted by Gasteiger charge is 2.32. The van der Waals surface area contributed by atoms with Crippen molar-refractivity contribution in [3.05, 3.63) is 36.0 Å². The van der Waals surface area contributed by atoms with Crippen molar-refractivity contribution in [2.45, 2.75) is 26.2 Å². The van der Waals surface area contributed by atoms with Crippen LogP contribution in [0.25, 0.3) is 0 Å². The molecule has 1 aliphatic rings. The number of urea groups is 1. The molecule has 2 heterocycles. The number of rotatable bonds is 5. The van der Waals surface area contributed by atoms with E-state index in [2.05, 4.69) is 10.5 Å². The van der Waals surface area contributed by atoms with E-state index in [1.165, 1.54) is 4.90 Å². The fourth-order valence-electron chi connectivity index (χ4n) is 2.84. The van der Waals surface area contributed by atoms with Crippen LogP contribution in [0.1, 0.15) is 26.5 Å². The number of carbonyl (C=O) groups excluding carboxylic acids is 2. The van der Waals surface area contributed by atoms with E-state index < -0.39 is 0 Å². The van der Waals surface area contributed by atoms with E-state index in [1.807, 2.05) is 39.0 Å². The van der Waals surface area contributed by atoms with Gasteiger partial charge in [-0.3, -0.25) is 15.0 Å². The second-order valence-corrected chi connectivity index (χ2v) is 7.40.